The highest BCUT2D eigenvalue weighted by Crippen LogP contribution is 2.58. The fourth-order valence-corrected chi connectivity index (χ4v) is 14.1. The Balaban J connectivity index is 1.23. The Kier molecular flexibility index (Phi) is 9.75. The highest BCUT2D eigenvalue weighted by Gasteiger charge is 2.35. The number of fused-ring (bicyclic) bond motifs is 13. The van der Waals surface area contributed by atoms with Gasteiger partial charge in [-0.15, -0.1) is 0 Å². The monoisotopic (exact) mass is 1090 g/mol. The Labute approximate surface area is 503 Å². The van der Waals surface area contributed by atoms with Gasteiger partial charge in [0.05, 0.1) is 33.1 Å². The lowest BCUT2D eigenvalue weighted by molar-refractivity contribution is 0.590. The van der Waals surface area contributed by atoms with Crippen molar-refractivity contribution in [3.8, 4) is 55.6 Å². The molecule has 0 atom stereocenters. The lowest BCUT2D eigenvalue weighted by Crippen LogP contribution is -2.11. The van der Waals surface area contributed by atoms with Crippen LogP contribution in [0.3, 0.4) is 0 Å². The molecule has 0 saturated carbocycles. The summed E-state index contributed by atoms with van der Waals surface area (Å²) in [6, 6.07) is 70.5. The number of benzene rings is 11. The standard InChI is InChI=1S/C82H74N2/c1-47-23-21-24-48(2)69(47)53-33-31-52-40-54(34-32-51(52)39-53)70-72-65-45-57(81(9,10)11)43-63-62-42-56(80(6,7)8)36-38-68(62)84(75(63)65)78(72)74(71-59(49-25-17-15-18-26-49)29-22-30-60(71)50-27-19-16-20-28-50)73-66-46-58(82(12,13)14)44-64-61-41-55(79(3,4)5)35-37-67(61)83(76(64)66)77(70)73/h15-46H,1-14H3/i1D3,2D3. The number of rotatable bonds is 5. The minimum atomic E-state index is -2.55. The van der Waals surface area contributed by atoms with Gasteiger partial charge in [-0.25, -0.2) is 0 Å². The molecule has 0 aliphatic rings. The number of nitrogens with zero attached hydrogens (tertiary/aromatic N) is 2. The van der Waals surface area contributed by atoms with Gasteiger partial charge in [0.1, 0.15) is 0 Å². The van der Waals surface area contributed by atoms with E-state index in [-0.39, 0.29) is 38.4 Å². The molecule has 0 aliphatic carbocycles. The van der Waals surface area contributed by atoms with Gasteiger partial charge in [0.25, 0.3) is 0 Å². The van der Waals surface area contributed by atoms with Gasteiger partial charge in [-0.05, 0) is 179 Å². The van der Waals surface area contributed by atoms with Crippen LogP contribution in [0.4, 0.5) is 0 Å². The number of aryl methyl sites for hydroxylation is 2. The van der Waals surface area contributed by atoms with Crippen LogP contribution in [0.25, 0.3) is 143 Å². The van der Waals surface area contributed by atoms with Crippen molar-refractivity contribution in [3.63, 3.8) is 0 Å². The second kappa shape index (κ2) is 17.9. The zero-order valence-electron chi connectivity index (χ0n) is 56.4. The molecule has 11 aromatic carbocycles. The third-order valence-electron chi connectivity index (χ3n) is 18.6. The van der Waals surface area contributed by atoms with Gasteiger partial charge in [-0.3, -0.25) is 0 Å². The zero-order valence-corrected chi connectivity index (χ0v) is 50.4. The van der Waals surface area contributed by atoms with E-state index in [1.54, 1.807) is 18.2 Å². The average Bonchev–Trinajstić information content (AvgIpc) is 1.49. The molecule has 412 valence electrons. The van der Waals surface area contributed by atoms with Crippen molar-refractivity contribution in [2.24, 2.45) is 0 Å². The molecule has 15 rings (SSSR count). The van der Waals surface area contributed by atoms with Crippen LogP contribution < -0.4 is 0 Å². The first-order chi connectivity index (χ1) is 42.5. The maximum atomic E-state index is 8.61. The van der Waals surface area contributed by atoms with Crippen molar-refractivity contribution in [1.29, 1.82) is 0 Å². The zero-order chi connectivity index (χ0) is 63.3. The minimum Gasteiger partial charge on any atom is -0.307 e. The Morgan fingerprint density at radius 1 is 0.286 bits per heavy atom. The maximum absolute atomic E-state index is 8.61. The summed E-state index contributed by atoms with van der Waals surface area (Å²) < 4.78 is 56.9. The van der Waals surface area contributed by atoms with Gasteiger partial charge < -0.3 is 8.80 Å². The summed E-state index contributed by atoms with van der Waals surface area (Å²) in [5.41, 5.74) is 21.2. The van der Waals surface area contributed by atoms with Gasteiger partial charge in [-0.2, -0.15) is 0 Å². The van der Waals surface area contributed by atoms with E-state index in [0.29, 0.717) is 5.56 Å². The molecular formula is C82H74N2. The number of hydrogen-bond donors (Lipinski definition) is 0. The fraction of sp³-hybridized carbons (Fsp3) is 0.220. The molecule has 0 amide bonds. The highest BCUT2D eigenvalue weighted by atomic mass is 14.9. The molecule has 4 heterocycles. The van der Waals surface area contributed by atoms with Crippen molar-refractivity contribution >= 4 is 87.0 Å². The molecule has 15 aromatic rings. The van der Waals surface area contributed by atoms with Crippen LogP contribution in [0.1, 0.15) is 125 Å². The van der Waals surface area contributed by atoms with Crippen LogP contribution in [-0.2, 0) is 21.7 Å². The van der Waals surface area contributed by atoms with Gasteiger partial charge in [0.15, 0.2) is 0 Å². The van der Waals surface area contributed by atoms with Crippen molar-refractivity contribution in [1.82, 2.24) is 8.80 Å². The van der Waals surface area contributed by atoms with Crippen LogP contribution in [0.5, 0.6) is 0 Å². The molecule has 2 nitrogen and oxygen atoms in total. The van der Waals surface area contributed by atoms with E-state index >= 15 is 0 Å². The highest BCUT2D eigenvalue weighted by molar-refractivity contribution is 6.39. The van der Waals surface area contributed by atoms with Crippen LogP contribution in [-0.4, -0.2) is 8.80 Å². The maximum Gasteiger partial charge on any atom is 0.0634 e. The van der Waals surface area contributed by atoms with Gasteiger partial charge in [0, 0.05) is 68.0 Å². The fourth-order valence-electron chi connectivity index (χ4n) is 14.1. The summed E-state index contributed by atoms with van der Waals surface area (Å²) in [5.74, 6) is 0. The molecule has 0 radical (unpaired) electrons. The summed E-state index contributed by atoms with van der Waals surface area (Å²) in [5, 5.41) is 11.4. The Morgan fingerprint density at radius 2 is 0.679 bits per heavy atom. The predicted molar refractivity (Wildman–Crippen MR) is 365 cm³/mol. The third kappa shape index (κ3) is 7.68. The lowest BCUT2D eigenvalue weighted by Gasteiger charge is -2.23. The largest absolute Gasteiger partial charge is 0.307 e. The molecular weight excluding hydrogens is 1010 g/mol. The van der Waals surface area contributed by atoms with E-state index in [2.05, 4.69) is 256 Å². The minimum absolute atomic E-state index is 0.0199. The molecule has 0 N–H and O–H groups in total. The number of hydrogen-bond acceptors (Lipinski definition) is 0. The molecule has 4 aromatic heterocycles. The van der Waals surface area contributed by atoms with Crippen molar-refractivity contribution in [3.05, 3.63) is 228 Å². The van der Waals surface area contributed by atoms with Crippen LogP contribution in [0, 0.1) is 13.7 Å². The Morgan fingerprint density at radius 3 is 1.12 bits per heavy atom. The molecule has 0 unspecified atom stereocenters. The van der Waals surface area contributed by atoms with E-state index in [4.69, 9.17) is 8.22 Å². The Hall–Kier alpha value is -8.72. The first-order valence-electron chi connectivity index (χ1n) is 32.9. The molecule has 0 fully saturated rings. The van der Waals surface area contributed by atoms with Gasteiger partial charge >= 0.3 is 0 Å². The van der Waals surface area contributed by atoms with Gasteiger partial charge in [0.2, 0.25) is 0 Å². The summed E-state index contributed by atoms with van der Waals surface area (Å²) >= 11 is 0. The quantitative estimate of drug-likeness (QED) is 0.162. The lowest BCUT2D eigenvalue weighted by atomic mass is 9.81. The van der Waals surface area contributed by atoms with Gasteiger partial charge in [-0.1, -0.05) is 217 Å². The summed E-state index contributed by atoms with van der Waals surface area (Å²) in [6.07, 6.45) is 0. The van der Waals surface area contributed by atoms with E-state index in [1.165, 1.54) is 82.1 Å². The summed E-state index contributed by atoms with van der Waals surface area (Å²) in [6.45, 7) is 22.8. The molecule has 0 aliphatic heterocycles. The number of aromatic nitrogens is 2. The summed E-state index contributed by atoms with van der Waals surface area (Å²) in [7, 11) is 0. The van der Waals surface area contributed by atoms with Crippen LogP contribution in [0.2, 0.25) is 0 Å². The average molecular weight is 1090 g/mol. The van der Waals surface area contributed by atoms with Crippen LogP contribution in [0.15, 0.2) is 194 Å². The van der Waals surface area contributed by atoms with E-state index in [1.807, 2.05) is 12.1 Å². The predicted octanol–water partition coefficient (Wildman–Crippen LogP) is 23.3. The molecule has 0 bridgehead atoms. The van der Waals surface area contributed by atoms with Crippen molar-refractivity contribution in [2.45, 2.75) is 118 Å². The van der Waals surface area contributed by atoms with Crippen molar-refractivity contribution in [2.75, 3.05) is 0 Å². The topological polar surface area (TPSA) is 8.82 Å². The SMILES string of the molecule is [2H]C([2H])([2H])c1cccc(C([2H])([2H])[2H])c1-c1ccc2cc(-c3c4c5cc(C(C)(C)C)cc6c7cc(C(C)(C)C)ccc7n(c4c(-c4c(-c7ccccc7)cccc4-c4ccccc4)c4c7cc(C(C)(C)C)cc8c9cc(C(C)(C)C)ccc9n(c34)c87)c65)ccc2c1. The second-order valence-electron chi connectivity index (χ2n) is 28.1. The Bertz CT molecular complexity index is 5360. The first kappa shape index (κ1) is 45.8. The molecule has 2 heteroatoms. The third-order valence-corrected chi connectivity index (χ3v) is 18.6. The molecule has 0 spiro atoms. The van der Waals surface area contributed by atoms with E-state index in [9.17, 15) is 0 Å². The van der Waals surface area contributed by atoms with Crippen LogP contribution >= 0.6 is 0 Å². The van der Waals surface area contributed by atoms with E-state index < -0.39 is 13.7 Å². The normalized spacial score (nSPS) is 14.5. The molecule has 84 heavy (non-hydrogen) atoms. The second-order valence-corrected chi connectivity index (χ2v) is 28.1. The molecule has 0 saturated heterocycles. The smallest absolute Gasteiger partial charge is 0.0634 e. The van der Waals surface area contributed by atoms with Crippen molar-refractivity contribution < 1.29 is 8.22 Å². The van der Waals surface area contributed by atoms with E-state index in [0.717, 1.165) is 71.6 Å². The first-order valence-corrected chi connectivity index (χ1v) is 29.9. The summed E-state index contributed by atoms with van der Waals surface area (Å²) in [4.78, 5) is 0.